The van der Waals surface area contributed by atoms with Gasteiger partial charge < -0.3 is 0 Å². The van der Waals surface area contributed by atoms with Gasteiger partial charge in [0.2, 0.25) is 0 Å². The average Bonchev–Trinajstić information content (AvgIpc) is 1.77. The van der Waals surface area contributed by atoms with Crippen molar-refractivity contribution < 1.29 is 4.79 Å². The minimum atomic E-state index is 0.278. The van der Waals surface area contributed by atoms with Crippen LogP contribution in [0.5, 0.6) is 0 Å². The maximum Gasteiger partial charge on any atom is 0.158 e. The van der Waals surface area contributed by atoms with Crippen LogP contribution in [0, 0.1) is 5.92 Å². The summed E-state index contributed by atoms with van der Waals surface area (Å²) in [6, 6.07) is 0. The van der Waals surface area contributed by atoms with Crippen LogP contribution >= 0.6 is 0 Å². The summed E-state index contributed by atoms with van der Waals surface area (Å²) in [6.45, 7) is 1.98. The summed E-state index contributed by atoms with van der Waals surface area (Å²) in [6.07, 6.45) is 5.75. The highest BCUT2D eigenvalue weighted by molar-refractivity contribution is 5.92. The number of hydrogen-bond donors (Lipinski definition) is 0. The summed E-state index contributed by atoms with van der Waals surface area (Å²) in [5.74, 6) is 0.566. The van der Waals surface area contributed by atoms with Crippen molar-refractivity contribution in [2.45, 2.75) is 19.8 Å². The Labute approximate surface area is 49.4 Å². The van der Waals surface area contributed by atoms with Gasteiger partial charge in [-0.05, 0) is 18.9 Å². The quantitative estimate of drug-likeness (QED) is 0.462. The van der Waals surface area contributed by atoms with Gasteiger partial charge in [0, 0.05) is 5.92 Å². The fourth-order valence-electron chi connectivity index (χ4n) is 0.852. The maximum atomic E-state index is 10.7. The normalized spacial score (nSPS) is 28.6. The molecule has 0 fully saturated rings. The summed E-state index contributed by atoms with van der Waals surface area (Å²) in [5.41, 5.74) is 0. The molecule has 0 bridgehead atoms. The molecular weight excluding hydrogens is 100 g/mol. The number of rotatable bonds is 0. The summed E-state index contributed by atoms with van der Waals surface area (Å²) < 4.78 is 0. The van der Waals surface area contributed by atoms with Crippen molar-refractivity contribution in [3.05, 3.63) is 12.2 Å². The Kier molecular flexibility index (Phi) is 1.47. The Balaban J connectivity index is 2.60. The average molecular weight is 110 g/mol. The van der Waals surface area contributed by atoms with Gasteiger partial charge in [-0.1, -0.05) is 13.0 Å². The maximum absolute atomic E-state index is 10.7. The SMILES string of the molecule is CC1CCC=CC1=O. The summed E-state index contributed by atoms with van der Waals surface area (Å²) in [5, 5.41) is 0. The number of hydrogen-bond acceptors (Lipinski definition) is 1. The van der Waals surface area contributed by atoms with E-state index in [1.807, 2.05) is 13.0 Å². The van der Waals surface area contributed by atoms with Crippen LogP contribution in [0.3, 0.4) is 0 Å². The van der Waals surface area contributed by atoms with Gasteiger partial charge in [-0.2, -0.15) is 0 Å². The third kappa shape index (κ3) is 0.971. The first-order valence-corrected chi connectivity index (χ1v) is 3.01. The first-order chi connectivity index (χ1) is 3.80. The van der Waals surface area contributed by atoms with E-state index < -0.39 is 0 Å². The highest BCUT2D eigenvalue weighted by Gasteiger charge is 2.11. The largest absolute Gasteiger partial charge is 0.295 e. The number of allylic oxidation sites excluding steroid dienone is 2. The molecule has 0 aliphatic heterocycles. The van der Waals surface area contributed by atoms with Gasteiger partial charge in [0.25, 0.3) is 0 Å². The molecule has 0 saturated heterocycles. The zero-order valence-corrected chi connectivity index (χ0v) is 5.05. The molecule has 8 heavy (non-hydrogen) atoms. The van der Waals surface area contributed by atoms with E-state index in [0.29, 0.717) is 0 Å². The minimum Gasteiger partial charge on any atom is -0.295 e. The van der Waals surface area contributed by atoms with Crippen LogP contribution in [-0.4, -0.2) is 5.78 Å². The molecule has 1 aliphatic rings. The lowest BCUT2D eigenvalue weighted by atomic mass is 9.95. The number of ketones is 1. The van der Waals surface area contributed by atoms with Crippen LogP contribution in [0.15, 0.2) is 12.2 Å². The Morgan fingerprint density at radius 1 is 1.75 bits per heavy atom. The first-order valence-electron chi connectivity index (χ1n) is 3.01. The predicted octanol–water partition coefficient (Wildman–Crippen LogP) is 1.54. The standard InChI is InChI=1S/C7H10O/c1-6-4-2-3-5-7(6)8/h3,5-6H,2,4H2,1H3. The Hall–Kier alpha value is -0.590. The molecule has 0 N–H and O–H groups in total. The lowest BCUT2D eigenvalue weighted by molar-refractivity contribution is -0.118. The molecule has 0 heterocycles. The molecule has 1 unspecified atom stereocenters. The molecule has 1 heteroatoms. The lowest BCUT2D eigenvalue weighted by Gasteiger charge is -2.08. The van der Waals surface area contributed by atoms with Gasteiger partial charge in [-0.15, -0.1) is 0 Å². The van der Waals surface area contributed by atoms with Crippen LogP contribution < -0.4 is 0 Å². The van der Waals surface area contributed by atoms with Crippen LogP contribution in [0.1, 0.15) is 19.8 Å². The van der Waals surface area contributed by atoms with E-state index in [2.05, 4.69) is 0 Å². The highest BCUT2D eigenvalue weighted by Crippen LogP contribution is 2.12. The van der Waals surface area contributed by atoms with Crippen molar-refractivity contribution >= 4 is 5.78 Å². The van der Waals surface area contributed by atoms with Gasteiger partial charge in [0.1, 0.15) is 0 Å². The van der Waals surface area contributed by atoms with Crippen molar-refractivity contribution in [1.29, 1.82) is 0 Å². The molecule has 1 atom stereocenters. The monoisotopic (exact) mass is 110 g/mol. The zero-order valence-electron chi connectivity index (χ0n) is 5.05. The molecule has 0 spiro atoms. The van der Waals surface area contributed by atoms with Crippen molar-refractivity contribution in [2.75, 3.05) is 0 Å². The highest BCUT2D eigenvalue weighted by atomic mass is 16.1. The second kappa shape index (κ2) is 2.12. The molecular formula is C7H10O. The number of carbonyl (C=O) groups excluding carboxylic acids is 1. The van der Waals surface area contributed by atoms with Crippen molar-refractivity contribution in [3.63, 3.8) is 0 Å². The van der Waals surface area contributed by atoms with Gasteiger partial charge >= 0.3 is 0 Å². The van der Waals surface area contributed by atoms with Crippen molar-refractivity contribution in [2.24, 2.45) is 5.92 Å². The van der Waals surface area contributed by atoms with E-state index in [4.69, 9.17) is 0 Å². The van der Waals surface area contributed by atoms with E-state index >= 15 is 0 Å². The summed E-state index contributed by atoms with van der Waals surface area (Å²) in [4.78, 5) is 10.7. The Bertz CT molecular complexity index is 124. The second-order valence-electron chi connectivity index (χ2n) is 2.28. The van der Waals surface area contributed by atoms with E-state index in [1.165, 1.54) is 0 Å². The molecule has 1 aliphatic carbocycles. The van der Waals surface area contributed by atoms with Gasteiger partial charge in [0.15, 0.2) is 5.78 Å². The van der Waals surface area contributed by atoms with Crippen LogP contribution in [0.2, 0.25) is 0 Å². The molecule has 44 valence electrons. The predicted molar refractivity (Wildman–Crippen MR) is 32.5 cm³/mol. The van der Waals surface area contributed by atoms with Crippen LogP contribution in [0.25, 0.3) is 0 Å². The Morgan fingerprint density at radius 3 is 2.88 bits per heavy atom. The van der Waals surface area contributed by atoms with Crippen LogP contribution in [-0.2, 0) is 4.79 Å². The molecule has 0 aromatic carbocycles. The van der Waals surface area contributed by atoms with E-state index in [0.717, 1.165) is 12.8 Å². The second-order valence-corrected chi connectivity index (χ2v) is 2.28. The topological polar surface area (TPSA) is 17.1 Å². The van der Waals surface area contributed by atoms with Crippen LogP contribution in [0.4, 0.5) is 0 Å². The fourth-order valence-corrected chi connectivity index (χ4v) is 0.852. The summed E-state index contributed by atoms with van der Waals surface area (Å²) >= 11 is 0. The van der Waals surface area contributed by atoms with Gasteiger partial charge in [-0.25, -0.2) is 0 Å². The lowest BCUT2D eigenvalue weighted by Crippen LogP contribution is -2.10. The molecule has 0 radical (unpaired) electrons. The zero-order chi connectivity index (χ0) is 5.98. The Morgan fingerprint density at radius 2 is 2.50 bits per heavy atom. The molecule has 0 aromatic rings. The van der Waals surface area contributed by atoms with Gasteiger partial charge in [-0.3, -0.25) is 4.79 Å². The van der Waals surface area contributed by atoms with Crippen molar-refractivity contribution in [3.8, 4) is 0 Å². The van der Waals surface area contributed by atoms with E-state index in [1.54, 1.807) is 6.08 Å². The third-order valence-electron chi connectivity index (χ3n) is 1.53. The fraction of sp³-hybridized carbons (Fsp3) is 0.571. The molecule has 1 rings (SSSR count). The van der Waals surface area contributed by atoms with Gasteiger partial charge in [0.05, 0.1) is 0 Å². The molecule has 0 saturated carbocycles. The molecule has 0 amide bonds. The van der Waals surface area contributed by atoms with Crippen molar-refractivity contribution in [1.82, 2.24) is 0 Å². The summed E-state index contributed by atoms with van der Waals surface area (Å²) in [7, 11) is 0. The van der Waals surface area contributed by atoms with E-state index in [9.17, 15) is 4.79 Å². The first kappa shape index (κ1) is 5.54. The third-order valence-corrected chi connectivity index (χ3v) is 1.53. The smallest absolute Gasteiger partial charge is 0.158 e. The van der Waals surface area contributed by atoms with E-state index in [-0.39, 0.29) is 11.7 Å². The molecule has 1 nitrogen and oxygen atoms in total. The minimum absolute atomic E-state index is 0.278. The number of carbonyl (C=O) groups is 1. The molecule has 0 aromatic heterocycles.